The number of rotatable bonds is 6. The molecule has 0 bridgehead atoms. The molecular formula is C15H32N2O. The molecule has 0 amide bonds. The molecule has 1 aliphatic heterocycles. The Hall–Kier alpha value is -0.120. The zero-order valence-corrected chi connectivity index (χ0v) is 12.7. The Morgan fingerprint density at radius 2 is 1.89 bits per heavy atom. The average Bonchev–Trinajstić information content (AvgIpc) is 2.53. The molecule has 1 aliphatic rings. The predicted octanol–water partition coefficient (Wildman–Crippen LogP) is 2.10. The number of nitrogens with one attached hydrogen (secondary N) is 1. The minimum absolute atomic E-state index is 0.223. The minimum atomic E-state index is 0.223. The van der Waals surface area contributed by atoms with E-state index in [4.69, 9.17) is 0 Å². The molecule has 2 atom stereocenters. The number of likely N-dealkylation sites (tertiary alicyclic amines) is 1. The summed E-state index contributed by atoms with van der Waals surface area (Å²) in [5, 5.41) is 12.9. The summed E-state index contributed by atoms with van der Waals surface area (Å²) >= 11 is 0. The van der Waals surface area contributed by atoms with Crippen LogP contribution in [0.2, 0.25) is 0 Å². The second-order valence-corrected chi connectivity index (χ2v) is 6.44. The standard InChI is InChI=1S/C15H32N2O/c1-12(2)14-6-5-8-17(9-7-14)10-15(11-18)16-13(3)4/h12-16,18H,5-11H2,1-4H3. The lowest BCUT2D eigenvalue weighted by Crippen LogP contribution is -2.46. The molecule has 2 N–H and O–H groups in total. The van der Waals surface area contributed by atoms with Crippen LogP contribution in [0.5, 0.6) is 0 Å². The molecule has 0 radical (unpaired) electrons. The van der Waals surface area contributed by atoms with Gasteiger partial charge < -0.3 is 15.3 Å². The van der Waals surface area contributed by atoms with Crippen LogP contribution in [0.4, 0.5) is 0 Å². The van der Waals surface area contributed by atoms with Crippen LogP contribution in [0, 0.1) is 11.8 Å². The van der Waals surface area contributed by atoms with Gasteiger partial charge in [0.05, 0.1) is 6.61 Å². The second kappa shape index (κ2) is 8.13. The van der Waals surface area contributed by atoms with E-state index >= 15 is 0 Å². The van der Waals surface area contributed by atoms with Gasteiger partial charge in [0.1, 0.15) is 0 Å². The summed E-state index contributed by atoms with van der Waals surface area (Å²) in [5.74, 6) is 1.70. The summed E-state index contributed by atoms with van der Waals surface area (Å²) in [6, 6.07) is 0.665. The maximum Gasteiger partial charge on any atom is 0.0597 e. The Bertz CT molecular complexity index is 219. The van der Waals surface area contributed by atoms with Crippen LogP contribution in [0.3, 0.4) is 0 Å². The monoisotopic (exact) mass is 256 g/mol. The Kier molecular flexibility index (Phi) is 7.20. The molecule has 3 heteroatoms. The normalized spacial score (nSPS) is 24.5. The summed E-state index contributed by atoms with van der Waals surface area (Å²) in [4.78, 5) is 2.53. The third-order valence-corrected chi connectivity index (χ3v) is 4.08. The first kappa shape index (κ1) is 15.9. The number of aliphatic hydroxyl groups excluding tert-OH is 1. The highest BCUT2D eigenvalue weighted by molar-refractivity contribution is 4.77. The fraction of sp³-hybridized carbons (Fsp3) is 1.00. The molecule has 3 nitrogen and oxygen atoms in total. The van der Waals surface area contributed by atoms with Crippen molar-refractivity contribution in [2.24, 2.45) is 11.8 Å². The smallest absolute Gasteiger partial charge is 0.0597 e. The third kappa shape index (κ3) is 5.68. The van der Waals surface area contributed by atoms with Gasteiger partial charge in [0.2, 0.25) is 0 Å². The van der Waals surface area contributed by atoms with Gasteiger partial charge in [0.15, 0.2) is 0 Å². The summed E-state index contributed by atoms with van der Waals surface area (Å²) in [5.41, 5.74) is 0. The number of hydrogen-bond acceptors (Lipinski definition) is 3. The molecule has 1 rings (SSSR count). The Morgan fingerprint density at radius 1 is 1.17 bits per heavy atom. The van der Waals surface area contributed by atoms with Gasteiger partial charge in [-0.2, -0.15) is 0 Å². The van der Waals surface area contributed by atoms with E-state index in [1.807, 2.05) is 0 Å². The van der Waals surface area contributed by atoms with Gasteiger partial charge >= 0.3 is 0 Å². The highest BCUT2D eigenvalue weighted by atomic mass is 16.3. The molecule has 0 saturated carbocycles. The van der Waals surface area contributed by atoms with Crippen molar-refractivity contribution in [3.8, 4) is 0 Å². The van der Waals surface area contributed by atoms with E-state index in [-0.39, 0.29) is 12.6 Å². The molecule has 108 valence electrons. The van der Waals surface area contributed by atoms with Crippen LogP contribution < -0.4 is 5.32 Å². The lowest BCUT2D eigenvalue weighted by atomic mass is 9.89. The molecule has 0 aromatic carbocycles. The van der Waals surface area contributed by atoms with Crippen LogP contribution >= 0.6 is 0 Å². The van der Waals surface area contributed by atoms with Crippen LogP contribution in [0.1, 0.15) is 47.0 Å². The first-order valence-electron chi connectivity index (χ1n) is 7.62. The SMILES string of the molecule is CC(C)NC(CO)CN1CCCC(C(C)C)CC1. The van der Waals surface area contributed by atoms with Gasteiger partial charge in [-0.05, 0) is 44.2 Å². The Labute approximate surface area is 113 Å². The first-order chi connectivity index (χ1) is 8.52. The number of hydrogen-bond donors (Lipinski definition) is 2. The van der Waals surface area contributed by atoms with Crippen molar-refractivity contribution in [2.45, 2.75) is 59.0 Å². The van der Waals surface area contributed by atoms with Gasteiger partial charge in [-0.3, -0.25) is 0 Å². The zero-order chi connectivity index (χ0) is 13.5. The molecule has 0 spiro atoms. The summed E-state index contributed by atoms with van der Waals surface area (Å²) in [6.07, 6.45) is 4.00. The maximum atomic E-state index is 9.43. The van der Waals surface area contributed by atoms with Crippen molar-refractivity contribution in [1.29, 1.82) is 0 Å². The van der Waals surface area contributed by atoms with Gasteiger partial charge in [-0.15, -0.1) is 0 Å². The topological polar surface area (TPSA) is 35.5 Å². The van der Waals surface area contributed by atoms with Crippen molar-refractivity contribution in [3.05, 3.63) is 0 Å². The van der Waals surface area contributed by atoms with Crippen molar-refractivity contribution >= 4 is 0 Å². The van der Waals surface area contributed by atoms with Gasteiger partial charge in [-0.25, -0.2) is 0 Å². The lowest BCUT2D eigenvalue weighted by Gasteiger charge is -2.27. The number of aliphatic hydroxyl groups is 1. The predicted molar refractivity (Wildman–Crippen MR) is 77.8 cm³/mol. The van der Waals surface area contributed by atoms with E-state index in [1.54, 1.807) is 0 Å². The fourth-order valence-electron chi connectivity index (χ4n) is 2.98. The summed E-state index contributed by atoms with van der Waals surface area (Å²) in [7, 11) is 0. The van der Waals surface area contributed by atoms with Crippen molar-refractivity contribution in [3.63, 3.8) is 0 Å². The zero-order valence-electron chi connectivity index (χ0n) is 12.7. The molecule has 0 aromatic rings. The molecule has 18 heavy (non-hydrogen) atoms. The molecule has 0 aromatic heterocycles. The first-order valence-corrected chi connectivity index (χ1v) is 7.62. The van der Waals surface area contributed by atoms with Gasteiger partial charge in [-0.1, -0.05) is 27.7 Å². The van der Waals surface area contributed by atoms with Crippen molar-refractivity contribution in [2.75, 3.05) is 26.2 Å². The summed E-state index contributed by atoms with van der Waals surface area (Å²) < 4.78 is 0. The van der Waals surface area contributed by atoms with Crippen LogP contribution in [-0.4, -0.2) is 48.3 Å². The maximum absolute atomic E-state index is 9.43. The van der Waals surface area contributed by atoms with Crippen LogP contribution in [-0.2, 0) is 0 Å². The fourth-order valence-corrected chi connectivity index (χ4v) is 2.98. The molecule has 1 saturated heterocycles. The quantitative estimate of drug-likeness (QED) is 0.764. The molecule has 1 heterocycles. The van der Waals surface area contributed by atoms with E-state index in [9.17, 15) is 5.11 Å². The van der Waals surface area contributed by atoms with Crippen LogP contribution in [0.25, 0.3) is 0 Å². The van der Waals surface area contributed by atoms with Gasteiger partial charge in [0.25, 0.3) is 0 Å². The van der Waals surface area contributed by atoms with Crippen LogP contribution in [0.15, 0.2) is 0 Å². The summed E-state index contributed by atoms with van der Waals surface area (Å²) in [6.45, 7) is 12.6. The highest BCUT2D eigenvalue weighted by Gasteiger charge is 2.21. The van der Waals surface area contributed by atoms with E-state index in [1.165, 1.54) is 32.4 Å². The number of nitrogens with zero attached hydrogens (tertiary/aromatic N) is 1. The van der Waals surface area contributed by atoms with E-state index in [0.717, 1.165) is 18.4 Å². The lowest BCUT2D eigenvalue weighted by molar-refractivity contribution is 0.176. The van der Waals surface area contributed by atoms with Gasteiger partial charge in [0, 0.05) is 18.6 Å². The third-order valence-electron chi connectivity index (χ3n) is 4.08. The minimum Gasteiger partial charge on any atom is -0.395 e. The Morgan fingerprint density at radius 3 is 2.44 bits per heavy atom. The largest absolute Gasteiger partial charge is 0.395 e. The van der Waals surface area contributed by atoms with Crippen molar-refractivity contribution < 1.29 is 5.11 Å². The van der Waals surface area contributed by atoms with E-state index in [0.29, 0.717) is 6.04 Å². The molecule has 1 fully saturated rings. The van der Waals surface area contributed by atoms with E-state index in [2.05, 4.69) is 37.9 Å². The molecule has 2 unspecified atom stereocenters. The Balaban J connectivity index is 2.38. The highest BCUT2D eigenvalue weighted by Crippen LogP contribution is 2.24. The molecule has 0 aliphatic carbocycles. The van der Waals surface area contributed by atoms with E-state index < -0.39 is 0 Å². The second-order valence-electron chi connectivity index (χ2n) is 6.44. The average molecular weight is 256 g/mol. The van der Waals surface area contributed by atoms with Crippen molar-refractivity contribution in [1.82, 2.24) is 10.2 Å². The molecular weight excluding hydrogens is 224 g/mol.